The Morgan fingerprint density at radius 1 is 1.47 bits per heavy atom. The molecule has 0 amide bonds. The molecule has 2 atom stereocenters. The third kappa shape index (κ3) is 3.54. The lowest BCUT2D eigenvalue weighted by atomic mass is 9.92. The van der Waals surface area contributed by atoms with Gasteiger partial charge >= 0.3 is 0 Å². The molecule has 0 bridgehead atoms. The lowest BCUT2D eigenvalue weighted by Gasteiger charge is -2.31. The monoisotopic (exact) mass is 237 g/mol. The van der Waals surface area contributed by atoms with E-state index in [0.29, 0.717) is 12.1 Å². The van der Waals surface area contributed by atoms with Gasteiger partial charge in [-0.2, -0.15) is 5.10 Å². The van der Waals surface area contributed by atoms with Gasteiger partial charge in [0, 0.05) is 39.4 Å². The molecule has 0 radical (unpaired) electrons. The number of nitrogens with one attached hydrogen (secondary N) is 1. The van der Waals surface area contributed by atoms with Crippen molar-refractivity contribution in [3.8, 4) is 0 Å². The molecule has 0 aromatic carbocycles. The minimum atomic E-state index is 0.396. The molecule has 1 fully saturated rings. The van der Waals surface area contributed by atoms with Crippen LogP contribution in [0.15, 0.2) is 12.3 Å². The molecular formula is C13H23N3O. The minimum absolute atomic E-state index is 0.396. The molecule has 1 aliphatic carbocycles. The largest absolute Gasteiger partial charge is 0.380 e. The van der Waals surface area contributed by atoms with Crippen molar-refractivity contribution >= 4 is 0 Å². The molecule has 1 aliphatic rings. The second kappa shape index (κ2) is 6.17. The fourth-order valence-electron chi connectivity index (χ4n) is 2.59. The zero-order chi connectivity index (χ0) is 12.1. The summed E-state index contributed by atoms with van der Waals surface area (Å²) in [6, 6.07) is 2.61. The lowest BCUT2D eigenvalue weighted by Crippen LogP contribution is -2.43. The molecule has 1 heterocycles. The van der Waals surface area contributed by atoms with Gasteiger partial charge in [0.1, 0.15) is 0 Å². The van der Waals surface area contributed by atoms with E-state index in [1.165, 1.54) is 25.7 Å². The summed E-state index contributed by atoms with van der Waals surface area (Å²) in [5, 5.41) is 7.98. The van der Waals surface area contributed by atoms with E-state index in [1.807, 2.05) is 25.0 Å². The molecule has 4 nitrogen and oxygen atoms in total. The number of rotatable bonds is 5. The minimum Gasteiger partial charge on any atom is -0.380 e. The van der Waals surface area contributed by atoms with Crippen LogP contribution in [0.5, 0.6) is 0 Å². The van der Waals surface area contributed by atoms with Gasteiger partial charge < -0.3 is 10.1 Å². The highest BCUT2D eigenvalue weighted by Crippen LogP contribution is 2.20. The maximum absolute atomic E-state index is 5.53. The SMILES string of the molecule is COC1CCCCC1NCCc1ccn(C)n1. The molecule has 2 rings (SSSR count). The van der Waals surface area contributed by atoms with Crippen molar-refractivity contribution in [2.75, 3.05) is 13.7 Å². The normalized spacial score (nSPS) is 25.1. The Labute approximate surface area is 103 Å². The van der Waals surface area contributed by atoms with Crippen molar-refractivity contribution in [3.63, 3.8) is 0 Å². The zero-order valence-electron chi connectivity index (χ0n) is 10.9. The van der Waals surface area contributed by atoms with Crippen LogP contribution in [0, 0.1) is 0 Å². The number of methoxy groups -OCH3 is 1. The standard InChI is InChI=1S/C13H23N3O/c1-16-10-8-11(15-16)7-9-14-12-5-3-4-6-13(12)17-2/h8,10,12-14H,3-7,9H2,1-2H3. The van der Waals surface area contributed by atoms with Gasteiger partial charge in [-0.3, -0.25) is 4.68 Å². The summed E-state index contributed by atoms with van der Waals surface area (Å²) in [5.41, 5.74) is 1.16. The van der Waals surface area contributed by atoms with Crippen molar-refractivity contribution in [2.45, 2.75) is 44.2 Å². The summed E-state index contributed by atoms with van der Waals surface area (Å²) in [4.78, 5) is 0. The number of nitrogens with zero attached hydrogens (tertiary/aromatic N) is 2. The van der Waals surface area contributed by atoms with Gasteiger partial charge in [-0.1, -0.05) is 12.8 Å². The molecule has 4 heteroatoms. The molecule has 96 valence electrons. The van der Waals surface area contributed by atoms with Gasteiger partial charge in [0.25, 0.3) is 0 Å². The Morgan fingerprint density at radius 2 is 2.29 bits per heavy atom. The summed E-state index contributed by atoms with van der Waals surface area (Å²) in [6.45, 7) is 0.988. The van der Waals surface area contributed by atoms with E-state index in [-0.39, 0.29) is 0 Å². The molecule has 0 aliphatic heterocycles. The maximum atomic E-state index is 5.53. The van der Waals surface area contributed by atoms with Crippen LogP contribution in [0.4, 0.5) is 0 Å². The molecule has 1 saturated carbocycles. The summed E-state index contributed by atoms with van der Waals surface area (Å²) in [6.07, 6.45) is 8.44. The molecule has 0 saturated heterocycles. The average Bonchev–Trinajstić information content (AvgIpc) is 2.76. The topological polar surface area (TPSA) is 39.1 Å². The fourth-order valence-corrected chi connectivity index (χ4v) is 2.59. The van der Waals surface area contributed by atoms with Gasteiger partial charge in [-0.05, 0) is 18.9 Å². The highest BCUT2D eigenvalue weighted by Gasteiger charge is 2.23. The van der Waals surface area contributed by atoms with E-state index >= 15 is 0 Å². The number of ether oxygens (including phenoxy) is 1. The van der Waals surface area contributed by atoms with Crippen molar-refractivity contribution in [1.82, 2.24) is 15.1 Å². The van der Waals surface area contributed by atoms with Gasteiger partial charge in [-0.15, -0.1) is 0 Å². The first-order valence-electron chi connectivity index (χ1n) is 6.54. The fraction of sp³-hybridized carbons (Fsp3) is 0.769. The maximum Gasteiger partial charge on any atom is 0.0724 e. The van der Waals surface area contributed by atoms with E-state index in [4.69, 9.17) is 4.74 Å². The lowest BCUT2D eigenvalue weighted by molar-refractivity contribution is 0.0421. The first kappa shape index (κ1) is 12.6. The smallest absolute Gasteiger partial charge is 0.0724 e. The second-order valence-corrected chi connectivity index (χ2v) is 4.85. The predicted octanol–water partition coefficient (Wildman–Crippen LogP) is 1.51. The number of hydrogen-bond donors (Lipinski definition) is 1. The number of hydrogen-bond acceptors (Lipinski definition) is 3. The molecule has 1 N–H and O–H groups in total. The van der Waals surface area contributed by atoms with Crippen LogP contribution >= 0.6 is 0 Å². The zero-order valence-corrected chi connectivity index (χ0v) is 10.9. The summed E-state index contributed by atoms with van der Waals surface area (Å²) in [7, 11) is 3.78. The van der Waals surface area contributed by atoms with Gasteiger partial charge in [0.2, 0.25) is 0 Å². The molecular weight excluding hydrogens is 214 g/mol. The van der Waals surface area contributed by atoms with Crippen LogP contribution < -0.4 is 5.32 Å². The van der Waals surface area contributed by atoms with Crippen molar-refractivity contribution in [3.05, 3.63) is 18.0 Å². The van der Waals surface area contributed by atoms with Crippen LogP contribution in [0.2, 0.25) is 0 Å². The van der Waals surface area contributed by atoms with E-state index in [0.717, 1.165) is 18.7 Å². The molecule has 17 heavy (non-hydrogen) atoms. The Hall–Kier alpha value is -0.870. The van der Waals surface area contributed by atoms with Crippen molar-refractivity contribution < 1.29 is 4.74 Å². The van der Waals surface area contributed by atoms with Crippen LogP contribution in [-0.2, 0) is 18.2 Å². The molecule has 1 aromatic rings. The third-order valence-electron chi connectivity index (χ3n) is 3.56. The number of aromatic nitrogens is 2. The van der Waals surface area contributed by atoms with E-state index in [1.54, 1.807) is 0 Å². The second-order valence-electron chi connectivity index (χ2n) is 4.85. The first-order chi connectivity index (χ1) is 8.29. The summed E-state index contributed by atoms with van der Waals surface area (Å²) >= 11 is 0. The quantitative estimate of drug-likeness (QED) is 0.843. The first-order valence-corrected chi connectivity index (χ1v) is 6.54. The van der Waals surface area contributed by atoms with Gasteiger partial charge in [0.15, 0.2) is 0 Å². The number of aryl methyl sites for hydroxylation is 1. The van der Waals surface area contributed by atoms with Gasteiger partial charge in [-0.25, -0.2) is 0 Å². The Balaban J connectivity index is 1.73. The highest BCUT2D eigenvalue weighted by molar-refractivity contribution is 4.99. The van der Waals surface area contributed by atoms with E-state index in [2.05, 4.69) is 16.5 Å². The molecule has 0 spiro atoms. The third-order valence-corrected chi connectivity index (χ3v) is 3.56. The average molecular weight is 237 g/mol. The predicted molar refractivity (Wildman–Crippen MR) is 68.0 cm³/mol. The van der Waals surface area contributed by atoms with Crippen LogP contribution in [-0.4, -0.2) is 35.6 Å². The van der Waals surface area contributed by atoms with Crippen LogP contribution in [0.3, 0.4) is 0 Å². The van der Waals surface area contributed by atoms with Crippen molar-refractivity contribution in [2.24, 2.45) is 7.05 Å². The summed E-state index contributed by atoms with van der Waals surface area (Å²) < 4.78 is 7.38. The van der Waals surface area contributed by atoms with Crippen LogP contribution in [0.25, 0.3) is 0 Å². The Morgan fingerprint density at radius 3 is 3.00 bits per heavy atom. The Bertz CT molecular complexity index is 337. The molecule has 1 aromatic heterocycles. The van der Waals surface area contributed by atoms with E-state index in [9.17, 15) is 0 Å². The van der Waals surface area contributed by atoms with E-state index < -0.39 is 0 Å². The summed E-state index contributed by atoms with van der Waals surface area (Å²) in [5.74, 6) is 0. The Kier molecular flexibility index (Phi) is 4.57. The molecule has 2 unspecified atom stereocenters. The van der Waals surface area contributed by atoms with Crippen LogP contribution in [0.1, 0.15) is 31.4 Å². The highest BCUT2D eigenvalue weighted by atomic mass is 16.5. The van der Waals surface area contributed by atoms with Crippen molar-refractivity contribution in [1.29, 1.82) is 0 Å². The van der Waals surface area contributed by atoms with Gasteiger partial charge in [0.05, 0.1) is 11.8 Å².